The van der Waals surface area contributed by atoms with Gasteiger partial charge in [0.05, 0.1) is 23.4 Å². The Morgan fingerprint density at radius 1 is 1.20 bits per heavy atom. The number of rotatable bonds is 6. The summed E-state index contributed by atoms with van der Waals surface area (Å²) in [4.78, 5) is 27.5. The smallest absolute Gasteiger partial charge is 0.429 e. The molecule has 25 heavy (non-hydrogen) atoms. The molecule has 0 amide bonds. The SMILES string of the molecule is CCC1N=C(C(F)(F)F)C(C)(C(=O)[O-])C(CC(C)C)C1(CC)C(=O)[O-]. The van der Waals surface area contributed by atoms with Gasteiger partial charge in [-0.15, -0.1) is 0 Å². The van der Waals surface area contributed by atoms with Crippen LogP contribution in [0.4, 0.5) is 13.2 Å². The minimum atomic E-state index is -5.00. The third kappa shape index (κ3) is 3.27. The second-order valence-electron chi connectivity index (χ2n) is 7.25. The second kappa shape index (κ2) is 6.96. The fourth-order valence-electron chi connectivity index (χ4n) is 4.20. The maximum absolute atomic E-state index is 13.6. The van der Waals surface area contributed by atoms with Crippen molar-refractivity contribution < 1.29 is 33.0 Å². The Morgan fingerprint density at radius 2 is 1.72 bits per heavy atom. The molecule has 1 rings (SSSR count). The molecule has 0 N–H and O–H groups in total. The van der Waals surface area contributed by atoms with Crippen molar-refractivity contribution in [2.75, 3.05) is 0 Å². The molecule has 0 saturated heterocycles. The van der Waals surface area contributed by atoms with Crippen molar-refractivity contribution >= 4 is 17.7 Å². The van der Waals surface area contributed by atoms with Crippen molar-refractivity contribution in [1.82, 2.24) is 0 Å². The highest BCUT2D eigenvalue weighted by molar-refractivity contribution is 6.09. The Balaban J connectivity index is 3.90. The van der Waals surface area contributed by atoms with Crippen LogP contribution in [0.1, 0.15) is 53.9 Å². The molecular weight excluding hydrogens is 339 g/mol. The Kier molecular flexibility index (Phi) is 5.97. The van der Waals surface area contributed by atoms with Crippen molar-refractivity contribution in [3.05, 3.63) is 0 Å². The summed E-state index contributed by atoms with van der Waals surface area (Å²) in [5, 5.41) is 23.9. The van der Waals surface area contributed by atoms with E-state index in [2.05, 4.69) is 4.99 Å². The van der Waals surface area contributed by atoms with E-state index in [0.29, 0.717) is 0 Å². The molecule has 5 nitrogen and oxygen atoms in total. The molecule has 0 aromatic heterocycles. The van der Waals surface area contributed by atoms with Gasteiger partial charge in [0, 0.05) is 5.41 Å². The Morgan fingerprint density at radius 3 is 2.00 bits per heavy atom. The van der Waals surface area contributed by atoms with Crippen molar-refractivity contribution in [2.24, 2.45) is 27.7 Å². The van der Waals surface area contributed by atoms with Gasteiger partial charge in [-0.1, -0.05) is 27.7 Å². The fraction of sp³-hybridized carbons (Fsp3) is 0.824. The van der Waals surface area contributed by atoms with Gasteiger partial charge in [0.1, 0.15) is 5.71 Å². The van der Waals surface area contributed by atoms with Crippen LogP contribution in [0.25, 0.3) is 0 Å². The lowest BCUT2D eigenvalue weighted by molar-refractivity contribution is -0.333. The van der Waals surface area contributed by atoms with Crippen molar-refractivity contribution in [3.63, 3.8) is 0 Å². The standard InChI is InChI=1S/C17H26F3NO4/c1-6-11-16(7-2,14(24)25)10(8-9(3)4)15(5,13(22)23)12(21-11)17(18,19)20/h9-11H,6-8H2,1-5H3,(H,22,23)(H,24,25)/p-2. The lowest BCUT2D eigenvalue weighted by Gasteiger charge is -2.57. The molecular formula is C17H24F3NO4-2. The molecule has 0 radical (unpaired) electrons. The van der Waals surface area contributed by atoms with Crippen LogP contribution < -0.4 is 10.2 Å². The topological polar surface area (TPSA) is 92.6 Å². The largest absolute Gasteiger partial charge is 0.549 e. The van der Waals surface area contributed by atoms with E-state index in [0.717, 1.165) is 6.92 Å². The van der Waals surface area contributed by atoms with Crippen LogP contribution in [0.2, 0.25) is 0 Å². The monoisotopic (exact) mass is 363 g/mol. The van der Waals surface area contributed by atoms with Crippen LogP contribution in [-0.4, -0.2) is 29.9 Å². The molecule has 0 saturated carbocycles. The molecule has 0 aromatic rings. The predicted molar refractivity (Wildman–Crippen MR) is 81.4 cm³/mol. The van der Waals surface area contributed by atoms with E-state index in [4.69, 9.17) is 0 Å². The quantitative estimate of drug-likeness (QED) is 0.712. The highest BCUT2D eigenvalue weighted by atomic mass is 19.4. The third-order valence-corrected chi connectivity index (χ3v) is 5.44. The zero-order chi connectivity index (χ0) is 19.8. The lowest BCUT2D eigenvalue weighted by atomic mass is 9.52. The zero-order valence-electron chi connectivity index (χ0n) is 15.1. The van der Waals surface area contributed by atoms with Crippen molar-refractivity contribution in [1.29, 1.82) is 0 Å². The molecule has 0 fully saturated rings. The summed E-state index contributed by atoms with van der Waals surface area (Å²) in [6, 6.07) is -1.21. The van der Waals surface area contributed by atoms with Gasteiger partial charge >= 0.3 is 6.18 Å². The summed E-state index contributed by atoms with van der Waals surface area (Å²) in [5.41, 5.74) is -5.84. The molecule has 0 aromatic carbocycles. The average molecular weight is 363 g/mol. The van der Waals surface area contributed by atoms with Crippen LogP contribution >= 0.6 is 0 Å². The third-order valence-electron chi connectivity index (χ3n) is 5.44. The van der Waals surface area contributed by atoms with Crippen molar-refractivity contribution in [2.45, 2.75) is 66.1 Å². The van der Waals surface area contributed by atoms with E-state index < -0.39 is 46.6 Å². The maximum Gasteiger partial charge on any atom is 0.429 e. The number of nitrogens with zero attached hydrogens (tertiary/aromatic N) is 1. The molecule has 144 valence electrons. The summed E-state index contributed by atoms with van der Waals surface area (Å²) < 4.78 is 40.8. The van der Waals surface area contributed by atoms with Gasteiger partial charge < -0.3 is 19.8 Å². The average Bonchev–Trinajstić information content (AvgIpc) is 2.46. The molecule has 1 aliphatic heterocycles. The van der Waals surface area contributed by atoms with Crippen LogP contribution in [0.15, 0.2) is 4.99 Å². The number of halogens is 3. The number of hydrogen-bond acceptors (Lipinski definition) is 5. The number of alkyl halides is 3. The number of aliphatic imine (C=N–C) groups is 1. The molecule has 8 heteroatoms. The van der Waals surface area contributed by atoms with E-state index in [1.54, 1.807) is 13.8 Å². The van der Waals surface area contributed by atoms with Gasteiger partial charge in [-0.3, -0.25) is 4.99 Å². The molecule has 1 aliphatic rings. The normalized spacial score (nSPS) is 33.2. The van der Waals surface area contributed by atoms with Gasteiger partial charge in [0.2, 0.25) is 0 Å². The molecule has 4 atom stereocenters. The van der Waals surface area contributed by atoms with Crippen LogP contribution in [0.3, 0.4) is 0 Å². The van der Waals surface area contributed by atoms with Gasteiger partial charge in [0.15, 0.2) is 0 Å². The van der Waals surface area contributed by atoms with Gasteiger partial charge in [0.25, 0.3) is 0 Å². The van der Waals surface area contributed by atoms with E-state index >= 15 is 0 Å². The molecule has 0 aliphatic carbocycles. The first-order chi connectivity index (χ1) is 11.3. The number of aliphatic carboxylic acids is 2. The minimum Gasteiger partial charge on any atom is -0.549 e. The predicted octanol–water partition coefficient (Wildman–Crippen LogP) is 1.35. The minimum absolute atomic E-state index is 0.0269. The highest BCUT2D eigenvalue weighted by Gasteiger charge is 2.63. The highest BCUT2D eigenvalue weighted by Crippen LogP contribution is 2.55. The number of carboxylic acids is 2. The van der Waals surface area contributed by atoms with Gasteiger partial charge in [-0.05, 0) is 38.0 Å². The first-order valence-electron chi connectivity index (χ1n) is 8.38. The summed E-state index contributed by atoms with van der Waals surface area (Å²) in [6.45, 7) is 7.32. The summed E-state index contributed by atoms with van der Waals surface area (Å²) in [5.74, 6) is -5.11. The number of carbonyl (C=O) groups excluding carboxylic acids is 2. The Hall–Kier alpha value is -1.60. The van der Waals surface area contributed by atoms with Gasteiger partial charge in [-0.2, -0.15) is 13.2 Å². The molecule has 0 spiro atoms. The number of carbonyl (C=O) groups is 2. The Bertz CT molecular complexity index is 573. The van der Waals surface area contributed by atoms with Crippen molar-refractivity contribution in [3.8, 4) is 0 Å². The van der Waals surface area contributed by atoms with Crippen LogP contribution in [0.5, 0.6) is 0 Å². The first kappa shape index (κ1) is 21.4. The van der Waals surface area contributed by atoms with Crippen LogP contribution in [-0.2, 0) is 9.59 Å². The van der Waals surface area contributed by atoms with E-state index in [1.165, 1.54) is 13.8 Å². The first-order valence-corrected chi connectivity index (χ1v) is 8.38. The summed E-state index contributed by atoms with van der Waals surface area (Å²) >= 11 is 0. The van der Waals surface area contributed by atoms with E-state index in [1.807, 2.05) is 0 Å². The number of hydrogen-bond donors (Lipinski definition) is 0. The van der Waals surface area contributed by atoms with E-state index in [-0.39, 0.29) is 25.2 Å². The summed E-state index contributed by atoms with van der Waals surface area (Å²) in [7, 11) is 0. The maximum atomic E-state index is 13.6. The molecule has 4 unspecified atom stereocenters. The Labute approximate surface area is 145 Å². The zero-order valence-corrected chi connectivity index (χ0v) is 15.1. The lowest BCUT2D eigenvalue weighted by Crippen LogP contribution is -2.68. The second-order valence-corrected chi connectivity index (χ2v) is 7.25. The molecule has 1 heterocycles. The number of carboxylic acid groups (broad SMARTS) is 2. The van der Waals surface area contributed by atoms with E-state index in [9.17, 15) is 33.0 Å². The van der Waals surface area contributed by atoms with Gasteiger partial charge in [-0.25, -0.2) is 0 Å². The fourth-order valence-corrected chi connectivity index (χ4v) is 4.20. The summed E-state index contributed by atoms with van der Waals surface area (Å²) in [6.07, 6.45) is -5.08. The van der Waals surface area contributed by atoms with Crippen LogP contribution in [0, 0.1) is 22.7 Å². The molecule has 0 bridgehead atoms.